The fourth-order valence-corrected chi connectivity index (χ4v) is 2.98. The van der Waals surface area contributed by atoms with Gasteiger partial charge in [-0.25, -0.2) is 0 Å². The number of halogens is 2. The van der Waals surface area contributed by atoms with E-state index in [9.17, 15) is 0 Å². The van der Waals surface area contributed by atoms with E-state index in [1.807, 2.05) is 36.9 Å². The van der Waals surface area contributed by atoms with Crippen molar-refractivity contribution in [3.63, 3.8) is 0 Å². The molecule has 0 aliphatic carbocycles. The average molecular weight is 342 g/mol. The summed E-state index contributed by atoms with van der Waals surface area (Å²) in [5.41, 5.74) is 3.56. The van der Waals surface area contributed by atoms with Crippen LogP contribution in [0.4, 0.5) is 0 Å². The van der Waals surface area contributed by atoms with E-state index < -0.39 is 0 Å². The summed E-state index contributed by atoms with van der Waals surface area (Å²) in [7, 11) is 2.00. The Bertz CT molecular complexity index is 551. The Morgan fingerprint density at radius 1 is 1.32 bits per heavy atom. The predicted octanol–water partition coefficient (Wildman–Crippen LogP) is 4.18. The first kappa shape index (κ1) is 14.6. The number of hydrogen-bond acceptors (Lipinski definition) is 1. The normalized spacial score (nSPS) is 12.6. The summed E-state index contributed by atoms with van der Waals surface area (Å²) in [6, 6.07) is 10.2. The second-order valence-corrected chi connectivity index (χ2v) is 5.98. The maximum absolute atomic E-state index is 6.23. The lowest BCUT2D eigenvalue weighted by atomic mass is 9.96. The van der Waals surface area contributed by atoms with Gasteiger partial charge in [0, 0.05) is 23.1 Å². The molecule has 1 unspecified atom stereocenters. The number of aromatic nitrogens is 2. The van der Waals surface area contributed by atoms with Gasteiger partial charge in [0.25, 0.3) is 0 Å². The van der Waals surface area contributed by atoms with Gasteiger partial charge in [-0.05, 0) is 43.4 Å². The van der Waals surface area contributed by atoms with E-state index in [0.29, 0.717) is 5.92 Å². The molecule has 0 radical (unpaired) electrons. The van der Waals surface area contributed by atoms with E-state index in [0.717, 1.165) is 28.9 Å². The quantitative estimate of drug-likeness (QED) is 0.746. The van der Waals surface area contributed by atoms with Crippen LogP contribution in [0.5, 0.6) is 0 Å². The largest absolute Gasteiger partial charge is 0.272 e. The Hall–Kier alpha value is -0.800. The third-order valence-corrected chi connectivity index (χ3v) is 4.57. The lowest BCUT2D eigenvalue weighted by Crippen LogP contribution is -2.12. The summed E-state index contributed by atoms with van der Waals surface area (Å²) in [5, 5.41) is 6.22. The Kier molecular flexibility index (Phi) is 5.06. The van der Waals surface area contributed by atoms with Crippen molar-refractivity contribution in [3.8, 4) is 0 Å². The van der Waals surface area contributed by atoms with Crippen LogP contribution in [-0.2, 0) is 19.9 Å². The lowest BCUT2D eigenvalue weighted by Gasteiger charge is -2.15. The predicted molar refractivity (Wildman–Crippen MR) is 84.1 cm³/mol. The summed E-state index contributed by atoms with van der Waals surface area (Å²) >= 11 is 9.84. The Morgan fingerprint density at radius 3 is 2.63 bits per heavy atom. The summed E-state index contributed by atoms with van der Waals surface area (Å²) in [5.74, 6) is 0.523. The highest BCUT2D eigenvalue weighted by atomic mass is 79.9. The molecule has 0 spiro atoms. The molecular weight excluding hydrogens is 324 g/mol. The SMILES string of the molecule is Cc1cc(CC(CBr)Cc2ccccc2Cl)n(C)n1. The van der Waals surface area contributed by atoms with Crippen LogP contribution in [0.25, 0.3) is 0 Å². The molecule has 0 aliphatic heterocycles. The Morgan fingerprint density at radius 2 is 2.05 bits per heavy atom. The first-order chi connectivity index (χ1) is 9.10. The lowest BCUT2D eigenvalue weighted by molar-refractivity contribution is 0.557. The second-order valence-electron chi connectivity index (χ2n) is 4.92. The van der Waals surface area contributed by atoms with Gasteiger partial charge in [-0.1, -0.05) is 45.7 Å². The van der Waals surface area contributed by atoms with E-state index in [4.69, 9.17) is 11.6 Å². The molecule has 2 nitrogen and oxygen atoms in total. The van der Waals surface area contributed by atoms with Gasteiger partial charge in [0.05, 0.1) is 5.69 Å². The highest BCUT2D eigenvalue weighted by Gasteiger charge is 2.14. The number of nitrogens with zero attached hydrogens (tertiary/aromatic N) is 2. The zero-order valence-electron chi connectivity index (χ0n) is 11.2. The summed E-state index contributed by atoms with van der Waals surface area (Å²) < 4.78 is 1.97. The highest BCUT2D eigenvalue weighted by molar-refractivity contribution is 9.09. The third-order valence-electron chi connectivity index (χ3n) is 3.28. The monoisotopic (exact) mass is 340 g/mol. The molecule has 1 aromatic heterocycles. The summed E-state index contributed by atoms with van der Waals surface area (Å²) in [6.45, 7) is 2.03. The van der Waals surface area contributed by atoms with Gasteiger partial charge in [0.2, 0.25) is 0 Å². The molecule has 1 aromatic carbocycles. The number of hydrogen-bond donors (Lipinski definition) is 0. The zero-order valence-corrected chi connectivity index (χ0v) is 13.6. The molecule has 19 heavy (non-hydrogen) atoms. The second kappa shape index (κ2) is 6.58. The maximum atomic E-state index is 6.23. The van der Waals surface area contributed by atoms with E-state index in [2.05, 4.69) is 33.2 Å². The Balaban J connectivity index is 2.09. The number of benzene rings is 1. The van der Waals surface area contributed by atoms with Crippen LogP contribution in [-0.4, -0.2) is 15.1 Å². The smallest absolute Gasteiger partial charge is 0.0596 e. The molecule has 1 atom stereocenters. The maximum Gasteiger partial charge on any atom is 0.0596 e. The molecule has 102 valence electrons. The minimum atomic E-state index is 0.523. The van der Waals surface area contributed by atoms with Crippen LogP contribution in [0.2, 0.25) is 5.02 Å². The van der Waals surface area contributed by atoms with Gasteiger partial charge in [0.15, 0.2) is 0 Å². The van der Waals surface area contributed by atoms with Crippen molar-refractivity contribution in [2.24, 2.45) is 13.0 Å². The molecule has 4 heteroatoms. The van der Waals surface area contributed by atoms with Crippen LogP contribution in [0, 0.1) is 12.8 Å². The first-order valence-electron chi connectivity index (χ1n) is 6.39. The highest BCUT2D eigenvalue weighted by Crippen LogP contribution is 2.22. The minimum Gasteiger partial charge on any atom is -0.272 e. The van der Waals surface area contributed by atoms with Crippen LogP contribution in [0.1, 0.15) is 17.0 Å². The number of aryl methyl sites for hydroxylation is 2. The molecule has 0 amide bonds. The van der Waals surface area contributed by atoms with E-state index >= 15 is 0 Å². The molecule has 0 N–H and O–H groups in total. The molecule has 0 fully saturated rings. The molecule has 0 aliphatic rings. The third kappa shape index (κ3) is 3.83. The summed E-state index contributed by atoms with van der Waals surface area (Å²) in [6.07, 6.45) is 1.99. The van der Waals surface area contributed by atoms with Crippen LogP contribution < -0.4 is 0 Å². The molecule has 0 bridgehead atoms. The molecule has 1 heterocycles. The van der Waals surface area contributed by atoms with Crippen molar-refractivity contribution in [2.45, 2.75) is 19.8 Å². The van der Waals surface area contributed by atoms with Gasteiger partial charge >= 0.3 is 0 Å². The minimum absolute atomic E-state index is 0.523. The molecule has 0 saturated carbocycles. The summed E-state index contributed by atoms with van der Waals surface area (Å²) in [4.78, 5) is 0. The van der Waals surface area contributed by atoms with Crippen molar-refractivity contribution in [1.29, 1.82) is 0 Å². The first-order valence-corrected chi connectivity index (χ1v) is 7.89. The van der Waals surface area contributed by atoms with Crippen LogP contribution in [0.15, 0.2) is 30.3 Å². The fourth-order valence-electron chi connectivity index (χ4n) is 2.31. The van der Waals surface area contributed by atoms with Gasteiger partial charge in [-0.15, -0.1) is 0 Å². The number of rotatable bonds is 5. The van der Waals surface area contributed by atoms with Crippen molar-refractivity contribution in [1.82, 2.24) is 9.78 Å². The van der Waals surface area contributed by atoms with E-state index in [-0.39, 0.29) is 0 Å². The van der Waals surface area contributed by atoms with E-state index in [1.165, 1.54) is 11.3 Å². The molecule has 2 rings (SSSR count). The molecule has 0 saturated heterocycles. The molecular formula is C15H18BrClN2. The van der Waals surface area contributed by atoms with Crippen molar-refractivity contribution >= 4 is 27.5 Å². The van der Waals surface area contributed by atoms with Crippen molar-refractivity contribution in [3.05, 3.63) is 52.3 Å². The number of alkyl halides is 1. The van der Waals surface area contributed by atoms with Crippen LogP contribution >= 0.6 is 27.5 Å². The van der Waals surface area contributed by atoms with Gasteiger partial charge in [0.1, 0.15) is 0 Å². The zero-order chi connectivity index (χ0) is 13.8. The topological polar surface area (TPSA) is 17.8 Å². The van der Waals surface area contributed by atoms with Gasteiger partial charge in [-0.3, -0.25) is 4.68 Å². The van der Waals surface area contributed by atoms with Gasteiger partial charge < -0.3 is 0 Å². The molecule has 2 aromatic rings. The average Bonchev–Trinajstić information content (AvgIpc) is 2.69. The van der Waals surface area contributed by atoms with Gasteiger partial charge in [-0.2, -0.15) is 5.10 Å². The van der Waals surface area contributed by atoms with E-state index in [1.54, 1.807) is 0 Å². The van der Waals surface area contributed by atoms with Crippen molar-refractivity contribution in [2.75, 3.05) is 5.33 Å². The van der Waals surface area contributed by atoms with Crippen LogP contribution in [0.3, 0.4) is 0 Å². The standard InChI is InChI=1S/C15H18BrClN2/c1-11-7-14(19(2)18-11)9-12(10-16)8-13-5-3-4-6-15(13)17/h3-7,12H,8-10H2,1-2H3. The van der Waals surface area contributed by atoms with Crippen molar-refractivity contribution < 1.29 is 0 Å². The fraction of sp³-hybridized carbons (Fsp3) is 0.400. The Labute approximate surface area is 127 Å².